The minimum Gasteiger partial charge on any atom is -0.356 e. The van der Waals surface area contributed by atoms with Crippen molar-refractivity contribution in [2.75, 3.05) is 19.6 Å². The van der Waals surface area contributed by atoms with Crippen LogP contribution in [0.15, 0.2) is 0 Å². The van der Waals surface area contributed by atoms with Crippen LogP contribution in [0.4, 0.5) is 0 Å². The molecule has 2 fully saturated rings. The fraction of sp³-hybridized carbons (Fsp3) is 0.909. The maximum Gasteiger partial charge on any atom is 0.223 e. The summed E-state index contributed by atoms with van der Waals surface area (Å²) in [5.41, 5.74) is 0. The summed E-state index contributed by atoms with van der Waals surface area (Å²) < 4.78 is 0. The van der Waals surface area contributed by atoms with E-state index in [4.69, 9.17) is 0 Å². The van der Waals surface area contributed by atoms with Gasteiger partial charge in [0.25, 0.3) is 0 Å². The second kappa shape index (κ2) is 4.78. The van der Waals surface area contributed by atoms with Crippen molar-refractivity contribution in [3.63, 3.8) is 0 Å². The van der Waals surface area contributed by atoms with E-state index in [9.17, 15) is 4.79 Å². The molecule has 14 heavy (non-hydrogen) atoms. The molecule has 3 heteroatoms. The topological polar surface area (TPSA) is 41.1 Å². The van der Waals surface area contributed by atoms with Gasteiger partial charge >= 0.3 is 0 Å². The quantitative estimate of drug-likeness (QED) is 0.704. The molecule has 80 valence electrons. The van der Waals surface area contributed by atoms with Crippen LogP contribution in [-0.2, 0) is 4.79 Å². The number of hydrogen-bond acceptors (Lipinski definition) is 2. The molecule has 0 spiro atoms. The minimum absolute atomic E-state index is 0.301. The molecule has 1 amide bonds. The van der Waals surface area contributed by atoms with E-state index in [1.54, 1.807) is 0 Å². The first kappa shape index (κ1) is 9.97. The normalized spacial score (nSPS) is 24.3. The zero-order chi connectivity index (χ0) is 9.80. The predicted octanol–water partition coefficient (Wildman–Crippen LogP) is 0.902. The second-order valence-corrected chi connectivity index (χ2v) is 4.57. The molecule has 0 radical (unpaired) electrons. The van der Waals surface area contributed by atoms with Crippen LogP contribution < -0.4 is 10.6 Å². The fourth-order valence-corrected chi connectivity index (χ4v) is 2.15. The van der Waals surface area contributed by atoms with Gasteiger partial charge in [-0.2, -0.15) is 0 Å². The molecule has 3 nitrogen and oxygen atoms in total. The zero-order valence-electron chi connectivity index (χ0n) is 8.72. The molecular weight excluding hydrogens is 176 g/mol. The van der Waals surface area contributed by atoms with Gasteiger partial charge in [-0.25, -0.2) is 0 Å². The lowest BCUT2D eigenvalue weighted by Gasteiger charge is -2.27. The lowest BCUT2D eigenvalue weighted by atomic mass is 9.84. The van der Waals surface area contributed by atoms with E-state index in [1.165, 1.54) is 19.3 Å². The molecule has 0 aromatic rings. The summed E-state index contributed by atoms with van der Waals surface area (Å²) >= 11 is 0. The average molecular weight is 196 g/mol. The molecule has 1 saturated carbocycles. The van der Waals surface area contributed by atoms with Gasteiger partial charge in [0.1, 0.15) is 0 Å². The first-order chi connectivity index (χ1) is 6.86. The summed E-state index contributed by atoms with van der Waals surface area (Å²) in [5, 5.41) is 6.42. The number of carbonyl (C=O) groups excluding carboxylic acids is 1. The average Bonchev–Trinajstić information content (AvgIpc) is 2.14. The van der Waals surface area contributed by atoms with Gasteiger partial charge in [0.2, 0.25) is 5.91 Å². The summed E-state index contributed by atoms with van der Waals surface area (Å²) in [4.78, 5) is 11.5. The molecule has 1 saturated heterocycles. The Kier molecular flexibility index (Phi) is 3.40. The van der Waals surface area contributed by atoms with Crippen LogP contribution in [0.2, 0.25) is 0 Å². The number of carbonyl (C=O) groups is 1. The van der Waals surface area contributed by atoms with Gasteiger partial charge in [-0.15, -0.1) is 0 Å². The van der Waals surface area contributed by atoms with E-state index in [2.05, 4.69) is 10.6 Å². The van der Waals surface area contributed by atoms with Crippen molar-refractivity contribution in [1.82, 2.24) is 10.6 Å². The van der Waals surface area contributed by atoms with Crippen LogP contribution in [0.25, 0.3) is 0 Å². The van der Waals surface area contributed by atoms with Crippen molar-refractivity contribution in [3.05, 3.63) is 0 Å². The number of rotatable bonds is 3. The Morgan fingerprint density at radius 2 is 1.93 bits per heavy atom. The Morgan fingerprint density at radius 1 is 1.21 bits per heavy atom. The molecule has 0 unspecified atom stereocenters. The third-order valence-electron chi connectivity index (χ3n) is 3.50. The van der Waals surface area contributed by atoms with E-state index in [0.29, 0.717) is 17.7 Å². The SMILES string of the molecule is O=C(NCC1CCNCC1)C1CCC1. The highest BCUT2D eigenvalue weighted by molar-refractivity contribution is 5.79. The molecule has 1 aliphatic carbocycles. The van der Waals surface area contributed by atoms with Crippen molar-refractivity contribution in [1.29, 1.82) is 0 Å². The van der Waals surface area contributed by atoms with E-state index in [1.807, 2.05) is 0 Å². The molecular formula is C11H20N2O. The van der Waals surface area contributed by atoms with Crippen LogP contribution in [0, 0.1) is 11.8 Å². The Morgan fingerprint density at radius 3 is 2.50 bits per heavy atom. The van der Waals surface area contributed by atoms with E-state index >= 15 is 0 Å². The molecule has 0 aromatic heterocycles. The third kappa shape index (κ3) is 2.47. The van der Waals surface area contributed by atoms with Crippen LogP contribution in [0.5, 0.6) is 0 Å². The first-order valence-corrected chi connectivity index (χ1v) is 5.84. The van der Waals surface area contributed by atoms with E-state index in [-0.39, 0.29) is 0 Å². The largest absolute Gasteiger partial charge is 0.356 e. The van der Waals surface area contributed by atoms with Gasteiger partial charge in [-0.05, 0) is 44.7 Å². The van der Waals surface area contributed by atoms with Crippen LogP contribution >= 0.6 is 0 Å². The Balaban J connectivity index is 1.62. The lowest BCUT2D eigenvalue weighted by Crippen LogP contribution is -2.40. The number of hydrogen-bond donors (Lipinski definition) is 2. The van der Waals surface area contributed by atoms with Crippen molar-refractivity contribution in [3.8, 4) is 0 Å². The number of piperidine rings is 1. The summed E-state index contributed by atoms with van der Waals surface area (Å²) in [5.74, 6) is 1.35. The summed E-state index contributed by atoms with van der Waals surface area (Å²) in [7, 11) is 0. The van der Waals surface area contributed by atoms with Crippen LogP contribution in [-0.4, -0.2) is 25.5 Å². The maximum atomic E-state index is 11.5. The Labute approximate surface area is 85.6 Å². The monoisotopic (exact) mass is 196 g/mol. The molecule has 1 aliphatic heterocycles. The molecule has 0 aromatic carbocycles. The van der Waals surface area contributed by atoms with Gasteiger partial charge < -0.3 is 10.6 Å². The smallest absolute Gasteiger partial charge is 0.223 e. The van der Waals surface area contributed by atoms with Gasteiger partial charge in [0, 0.05) is 12.5 Å². The first-order valence-electron chi connectivity index (χ1n) is 5.84. The van der Waals surface area contributed by atoms with Gasteiger partial charge in [0.15, 0.2) is 0 Å². The van der Waals surface area contributed by atoms with Crippen LogP contribution in [0.3, 0.4) is 0 Å². The summed E-state index contributed by atoms with van der Waals surface area (Å²) in [6.45, 7) is 3.13. The predicted molar refractivity (Wildman–Crippen MR) is 55.9 cm³/mol. The highest BCUT2D eigenvalue weighted by Crippen LogP contribution is 2.26. The van der Waals surface area contributed by atoms with Crippen molar-refractivity contribution < 1.29 is 4.79 Å². The number of nitrogens with one attached hydrogen (secondary N) is 2. The third-order valence-corrected chi connectivity index (χ3v) is 3.50. The molecule has 1 heterocycles. The van der Waals surface area contributed by atoms with Crippen molar-refractivity contribution >= 4 is 5.91 Å². The zero-order valence-corrected chi connectivity index (χ0v) is 8.72. The highest BCUT2D eigenvalue weighted by atomic mass is 16.1. The molecule has 2 N–H and O–H groups in total. The maximum absolute atomic E-state index is 11.5. The van der Waals surface area contributed by atoms with Crippen molar-refractivity contribution in [2.24, 2.45) is 11.8 Å². The van der Waals surface area contributed by atoms with Gasteiger partial charge in [-0.3, -0.25) is 4.79 Å². The summed E-state index contributed by atoms with van der Waals surface area (Å²) in [6, 6.07) is 0. The number of amides is 1. The second-order valence-electron chi connectivity index (χ2n) is 4.57. The Bertz CT molecular complexity index is 195. The molecule has 0 atom stereocenters. The fourth-order valence-electron chi connectivity index (χ4n) is 2.15. The van der Waals surface area contributed by atoms with Gasteiger partial charge in [0.05, 0.1) is 0 Å². The molecule has 0 bridgehead atoms. The summed E-state index contributed by atoms with van der Waals surface area (Å²) in [6.07, 6.45) is 5.89. The van der Waals surface area contributed by atoms with Gasteiger partial charge in [-0.1, -0.05) is 6.42 Å². The lowest BCUT2D eigenvalue weighted by molar-refractivity contribution is -0.127. The highest BCUT2D eigenvalue weighted by Gasteiger charge is 2.25. The molecule has 2 aliphatic rings. The minimum atomic E-state index is 0.301. The van der Waals surface area contributed by atoms with E-state index in [0.717, 1.165) is 32.5 Å². The van der Waals surface area contributed by atoms with Crippen LogP contribution in [0.1, 0.15) is 32.1 Å². The Hall–Kier alpha value is -0.570. The standard InChI is InChI=1S/C11H20N2O/c14-11(10-2-1-3-10)13-8-9-4-6-12-7-5-9/h9-10,12H,1-8H2,(H,13,14). The molecule has 2 rings (SSSR count). The van der Waals surface area contributed by atoms with Crippen molar-refractivity contribution in [2.45, 2.75) is 32.1 Å². The van der Waals surface area contributed by atoms with E-state index < -0.39 is 0 Å².